The maximum Gasteiger partial charge on any atom is 0.327 e. The van der Waals surface area contributed by atoms with Gasteiger partial charge in [-0.3, -0.25) is 4.90 Å². The topological polar surface area (TPSA) is 50.8 Å². The molecule has 5 heteroatoms. The Balaban J connectivity index is 2.33. The van der Waals surface area contributed by atoms with Gasteiger partial charge in [-0.15, -0.1) is 0 Å². The van der Waals surface area contributed by atoms with Gasteiger partial charge in [-0.25, -0.2) is 4.79 Å². The van der Waals surface area contributed by atoms with E-state index in [1.165, 1.54) is 7.11 Å². The summed E-state index contributed by atoms with van der Waals surface area (Å²) in [6.45, 7) is 3.39. The van der Waals surface area contributed by atoms with E-state index in [1.54, 1.807) is 7.11 Å². The number of piperazine rings is 1. The maximum absolute atomic E-state index is 12.1. The van der Waals surface area contributed by atoms with Gasteiger partial charge in [0.15, 0.2) is 0 Å². The molecule has 5 nitrogen and oxygen atoms in total. The predicted octanol–water partition coefficient (Wildman–Crippen LogP) is 0.814. The Morgan fingerprint density at radius 1 is 1.26 bits per heavy atom. The first-order valence-corrected chi connectivity index (χ1v) is 6.43. The second kappa shape index (κ2) is 6.54. The van der Waals surface area contributed by atoms with Crippen molar-refractivity contribution >= 4 is 5.97 Å². The fourth-order valence-electron chi connectivity index (χ4n) is 2.42. The molecule has 1 aromatic rings. The van der Waals surface area contributed by atoms with Crippen LogP contribution in [0.4, 0.5) is 0 Å². The average Bonchev–Trinajstić information content (AvgIpc) is 2.49. The molecule has 1 aromatic carbocycles. The van der Waals surface area contributed by atoms with Crippen molar-refractivity contribution in [3.63, 3.8) is 0 Å². The summed E-state index contributed by atoms with van der Waals surface area (Å²) in [5.41, 5.74) is 0.860. The van der Waals surface area contributed by atoms with Crippen LogP contribution in [0.2, 0.25) is 0 Å². The smallest absolute Gasteiger partial charge is 0.327 e. The molecule has 0 aromatic heterocycles. The van der Waals surface area contributed by atoms with E-state index in [0.717, 1.165) is 37.5 Å². The lowest BCUT2D eigenvalue weighted by molar-refractivity contribution is -0.147. The maximum atomic E-state index is 12.1. The molecule has 0 radical (unpaired) electrons. The quantitative estimate of drug-likeness (QED) is 0.816. The van der Waals surface area contributed by atoms with E-state index in [0.29, 0.717) is 0 Å². The molecular formula is C14H20N2O3. The number of hydrogen-bond acceptors (Lipinski definition) is 5. The number of rotatable bonds is 4. The van der Waals surface area contributed by atoms with Crippen molar-refractivity contribution in [2.75, 3.05) is 40.4 Å². The van der Waals surface area contributed by atoms with Gasteiger partial charge < -0.3 is 14.8 Å². The van der Waals surface area contributed by atoms with Crippen molar-refractivity contribution in [1.82, 2.24) is 10.2 Å². The van der Waals surface area contributed by atoms with Crippen LogP contribution in [0.3, 0.4) is 0 Å². The van der Waals surface area contributed by atoms with Crippen molar-refractivity contribution < 1.29 is 14.3 Å². The molecule has 0 amide bonds. The van der Waals surface area contributed by atoms with E-state index in [9.17, 15) is 4.79 Å². The fourth-order valence-corrected chi connectivity index (χ4v) is 2.42. The minimum absolute atomic E-state index is 0.244. The summed E-state index contributed by atoms with van der Waals surface area (Å²) in [6.07, 6.45) is 0. The molecule has 104 valence electrons. The molecule has 1 saturated heterocycles. The number of ether oxygens (including phenoxy) is 2. The van der Waals surface area contributed by atoms with E-state index in [-0.39, 0.29) is 5.97 Å². The number of methoxy groups -OCH3 is 2. The lowest BCUT2D eigenvalue weighted by atomic mass is 10.0. The Hall–Kier alpha value is -1.59. The highest BCUT2D eigenvalue weighted by atomic mass is 16.5. The number of hydrogen-bond donors (Lipinski definition) is 1. The van der Waals surface area contributed by atoms with Crippen LogP contribution in [-0.4, -0.2) is 51.3 Å². The van der Waals surface area contributed by atoms with Gasteiger partial charge >= 0.3 is 5.97 Å². The first-order chi connectivity index (χ1) is 9.27. The normalized spacial score (nSPS) is 17.8. The van der Waals surface area contributed by atoms with Crippen LogP contribution < -0.4 is 10.1 Å². The van der Waals surface area contributed by atoms with Crippen molar-refractivity contribution in [2.24, 2.45) is 0 Å². The highest BCUT2D eigenvalue weighted by Gasteiger charge is 2.31. The summed E-state index contributed by atoms with van der Waals surface area (Å²) in [7, 11) is 3.04. The van der Waals surface area contributed by atoms with Crippen LogP contribution in [-0.2, 0) is 9.53 Å². The summed E-state index contributed by atoms with van der Waals surface area (Å²) < 4.78 is 10.3. The average molecular weight is 264 g/mol. The summed E-state index contributed by atoms with van der Waals surface area (Å²) >= 11 is 0. The molecule has 19 heavy (non-hydrogen) atoms. The van der Waals surface area contributed by atoms with E-state index >= 15 is 0 Å². The molecule has 2 rings (SSSR count). The number of para-hydroxylation sites is 1. The Labute approximate surface area is 113 Å². The number of esters is 1. The Morgan fingerprint density at radius 2 is 1.95 bits per heavy atom. The molecule has 1 heterocycles. The summed E-state index contributed by atoms with van der Waals surface area (Å²) in [4.78, 5) is 14.3. The van der Waals surface area contributed by atoms with Gasteiger partial charge in [-0.05, 0) is 6.07 Å². The van der Waals surface area contributed by atoms with E-state index in [1.807, 2.05) is 24.3 Å². The highest BCUT2D eigenvalue weighted by Crippen LogP contribution is 2.30. The Morgan fingerprint density at radius 3 is 2.58 bits per heavy atom. The molecule has 1 aliphatic heterocycles. The van der Waals surface area contributed by atoms with E-state index in [2.05, 4.69) is 10.2 Å². The van der Waals surface area contributed by atoms with Crippen LogP contribution in [0.1, 0.15) is 11.6 Å². The fraction of sp³-hybridized carbons (Fsp3) is 0.500. The third-order valence-electron chi connectivity index (χ3n) is 3.37. The molecule has 1 aliphatic rings. The molecular weight excluding hydrogens is 244 g/mol. The largest absolute Gasteiger partial charge is 0.496 e. The first kappa shape index (κ1) is 13.8. The molecule has 0 saturated carbocycles. The minimum Gasteiger partial charge on any atom is -0.496 e. The number of carbonyl (C=O) groups excluding carboxylic acids is 1. The van der Waals surface area contributed by atoms with Crippen LogP contribution in [0.25, 0.3) is 0 Å². The van der Waals surface area contributed by atoms with Crippen molar-refractivity contribution in [3.05, 3.63) is 29.8 Å². The van der Waals surface area contributed by atoms with E-state index < -0.39 is 6.04 Å². The van der Waals surface area contributed by atoms with Crippen molar-refractivity contribution in [3.8, 4) is 5.75 Å². The molecule has 0 aliphatic carbocycles. The third kappa shape index (κ3) is 3.05. The SMILES string of the molecule is COC(=O)C(c1ccccc1OC)N1CCNCC1. The molecule has 1 unspecified atom stereocenters. The van der Waals surface area contributed by atoms with Crippen LogP contribution in [0, 0.1) is 0 Å². The van der Waals surface area contributed by atoms with Gasteiger partial charge in [0.2, 0.25) is 0 Å². The standard InChI is InChI=1S/C14H20N2O3/c1-18-12-6-4-3-5-11(12)13(14(17)19-2)16-9-7-15-8-10-16/h3-6,13,15H,7-10H2,1-2H3. The molecule has 1 fully saturated rings. The molecule has 0 spiro atoms. The lowest BCUT2D eigenvalue weighted by Crippen LogP contribution is -2.47. The first-order valence-electron chi connectivity index (χ1n) is 6.43. The highest BCUT2D eigenvalue weighted by molar-refractivity contribution is 5.78. The zero-order valence-corrected chi connectivity index (χ0v) is 11.4. The van der Waals surface area contributed by atoms with Gasteiger partial charge in [0.25, 0.3) is 0 Å². The molecule has 0 bridgehead atoms. The van der Waals surface area contributed by atoms with Crippen molar-refractivity contribution in [2.45, 2.75) is 6.04 Å². The predicted molar refractivity (Wildman–Crippen MR) is 72.2 cm³/mol. The second-order valence-corrected chi connectivity index (χ2v) is 4.45. The third-order valence-corrected chi connectivity index (χ3v) is 3.37. The zero-order chi connectivity index (χ0) is 13.7. The molecule has 1 atom stereocenters. The number of benzene rings is 1. The van der Waals surface area contributed by atoms with Gasteiger partial charge in [-0.1, -0.05) is 18.2 Å². The van der Waals surface area contributed by atoms with Gasteiger partial charge in [-0.2, -0.15) is 0 Å². The molecule has 1 N–H and O–H groups in total. The van der Waals surface area contributed by atoms with Crippen molar-refractivity contribution in [1.29, 1.82) is 0 Å². The summed E-state index contributed by atoms with van der Waals surface area (Å²) in [5.74, 6) is 0.475. The van der Waals surface area contributed by atoms with Crippen LogP contribution in [0.5, 0.6) is 5.75 Å². The Bertz CT molecular complexity index is 430. The number of nitrogens with one attached hydrogen (secondary N) is 1. The Kier molecular flexibility index (Phi) is 4.76. The lowest BCUT2D eigenvalue weighted by Gasteiger charge is -2.33. The van der Waals surface area contributed by atoms with E-state index in [4.69, 9.17) is 9.47 Å². The van der Waals surface area contributed by atoms with Gasteiger partial charge in [0, 0.05) is 31.7 Å². The second-order valence-electron chi connectivity index (χ2n) is 4.45. The summed E-state index contributed by atoms with van der Waals surface area (Å²) in [6, 6.07) is 7.20. The minimum atomic E-state index is -0.400. The number of nitrogens with zero attached hydrogens (tertiary/aromatic N) is 1. The summed E-state index contributed by atoms with van der Waals surface area (Å²) in [5, 5.41) is 3.28. The zero-order valence-electron chi connectivity index (χ0n) is 11.4. The monoisotopic (exact) mass is 264 g/mol. The van der Waals surface area contributed by atoms with Gasteiger partial charge in [0.1, 0.15) is 11.8 Å². The van der Waals surface area contributed by atoms with Crippen LogP contribution in [0.15, 0.2) is 24.3 Å². The van der Waals surface area contributed by atoms with Gasteiger partial charge in [0.05, 0.1) is 14.2 Å². The number of carbonyl (C=O) groups is 1. The van der Waals surface area contributed by atoms with Crippen LogP contribution >= 0.6 is 0 Å².